The summed E-state index contributed by atoms with van der Waals surface area (Å²) in [6.45, 7) is 8.19. The van der Waals surface area contributed by atoms with Crippen molar-refractivity contribution >= 4 is 5.97 Å². The van der Waals surface area contributed by atoms with E-state index in [9.17, 15) is 4.79 Å². The van der Waals surface area contributed by atoms with Gasteiger partial charge in [-0.1, -0.05) is 20.8 Å². The fourth-order valence-corrected chi connectivity index (χ4v) is 1.07. The van der Waals surface area contributed by atoms with Crippen LogP contribution in [-0.4, -0.2) is 22.5 Å². The van der Waals surface area contributed by atoms with Crippen LogP contribution in [0.15, 0.2) is 12.3 Å². The SMILES string of the molecule is CCOC(=O)c1nccc(C(C)(C)C)n1. The molecule has 1 heterocycles. The van der Waals surface area contributed by atoms with Gasteiger partial charge in [0.15, 0.2) is 0 Å². The molecule has 4 heteroatoms. The van der Waals surface area contributed by atoms with Gasteiger partial charge in [0.2, 0.25) is 5.82 Å². The summed E-state index contributed by atoms with van der Waals surface area (Å²) in [6.07, 6.45) is 1.58. The molecule has 1 rings (SSSR count). The lowest BCUT2D eigenvalue weighted by molar-refractivity contribution is 0.0511. The van der Waals surface area contributed by atoms with Gasteiger partial charge < -0.3 is 4.74 Å². The molecular formula is C11H16N2O2. The minimum atomic E-state index is -0.469. The second-order valence-electron chi connectivity index (χ2n) is 4.24. The van der Waals surface area contributed by atoms with E-state index in [0.29, 0.717) is 6.61 Å². The molecule has 0 saturated heterocycles. The Hall–Kier alpha value is -1.45. The Bertz CT molecular complexity index is 356. The Kier molecular flexibility index (Phi) is 3.39. The molecule has 15 heavy (non-hydrogen) atoms. The number of carbonyl (C=O) groups is 1. The van der Waals surface area contributed by atoms with Gasteiger partial charge in [0, 0.05) is 11.6 Å². The topological polar surface area (TPSA) is 52.1 Å². The van der Waals surface area contributed by atoms with Gasteiger partial charge in [-0.05, 0) is 13.0 Å². The molecule has 0 amide bonds. The number of hydrogen-bond acceptors (Lipinski definition) is 4. The van der Waals surface area contributed by atoms with E-state index in [1.54, 1.807) is 13.1 Å². The quantitative estimate of drug-likeness (QED) is 0.697. The highest BCUT2D eigenvalue weighted by atomic mass is 16.5. The molecule has 0 fully saturated rings. The van der Waals surface area contributed by atoms with Crippen LogP contribution in [0, 0.1) is 0 Å². The van der Waals surface area contributed by atoms with Crippen LogP contribution in [0.2, 0.25) is 0 Å². The molecule has 0 unspecified atom stereocenters. The maximum absolute atomic E-state index is 11.4. The van der Waals surface area contributed by atoms with Gasteiger partial charge in [0.1, 0.15) is 0 Å². The summed E-state index contributed by atoms with van der Waals surface area (Å²) < 4.78 is 4.83. The molecule has 0 aromatic carbocycles. The maximum Gasteiger partial charge on any atom is 0.376 e. The van der Waals surface area contributed by atoms with Crippen molar-refractivity contribution in [3.63, 3.8) is 0 Å². The van der Waals surface area contributed by atoms with Crippen LogP contribution in [-0.2, 0) is 10.2 Å². The van der Waals surface area contributed by atoms with Crippen molar-refractivity contribution in [1.82, 2.24) is 9.97 Å². The minimum absolute atomic E-state index is 0.0931. The van der Waals surface area contributed by atoms with Gasteiger partial charge in [-0.3, -0.25) is 0 Å². The van der Waals surface area contributed by atoms with E-state index in [2.05, 4.69) is 9.97 Å². The largest absolute Gasteiger partial charge is 0.460 e. The van der Waals surface area contributed by atoms with Crippen LogP contribution in [0.5, 0.6) is 0 Å². The van der Waals surface area contributed by atoms with E-state index >= 15 is 0 Å². The van der Waals surface area contributed by atoms with E-state index in [1.807, 2.05) is 26.8 Å². The molecule has 82 valence electrons. The maximum atomic E-state index is 11.4. The highest BCUT2D eigenvalue weighted by Crippen LogP contribution is 2.19. The Morgan fingerprint density at radius 3 is 2.67 bits per heavy atom. The van der Waals surface area contributed by atoms with Crippen molar-refractivity contribution in [3.05, 3.63) is 23.8 Å². The number of ether oxygens (including phenoxy) is 1. The summed E-state index contributed by atoms with van der Waals surface area (Å²) in [5.41, 5.74) is 0.741. The van der Waals surface area contributed by atoms with Gasteiger partial charge in [0.05, 0.1) is 12.3 Å². The highest BCUT2D eigenvalue weighted by Gasteiger charge is 2.18. The molecule has 0 N–H and O–H groups in total. The molecule has 1 aromatic rings. The zero-order chi connectivity index (χ0) is 11.5. The third kappa shape index (κ3) is 3.01. The van der Waals surface area contributed by atoms with Crippen LogP contribution in [0.3, 0.4) is 0 Å². The molecule has 0 aliphatic rings. The van der Waals surface area contributed by atoms with Gasteiger partial charge in [0.25, 0.3) is 0 Å². The van der Waals surface area contributed by atoms with Crippen molar-refractivity contribution in [2.45, 2.75) is 33.1 Å². The van der Waals surface area contributed by atoms with Crippen molar-refractivity contribution in [2.24, 2.45) is 0 Å². The van der Waals surface area contributed by atoms with Gasteiger partial charge in [-0.25, -0.2) is 14.8 Å². The summed E-state index contributed by atoms with van der Waals surface area (Å²) in [4.78, 5) is 19.4. The zero-order valence-electron chi connectivity index (χ0n) is 9.57. The lowest BCUT2D eigenvalue weighted by Gasteiger charge is -2.17. The van der Waals surface area contributed by atoms with Crippen molar-refractivity contribution in [3.8, 4) is 0 Å². The second kappa shape index (κ2) is 4.38. The first-order valence-electron chi connectivity index (χ1n) is 4.96. The van der Waals surface area contributed by atoms with Gasteiger partial charge >= 0.3 is 5.97 Å². The average molecular weight is 208 g/mol. The second-order valence-corrected chi connectivity index (χ2v) is 4.24. The Morgan fingerprint density at radius 2 is 2.13 bits per heavy atom. The summed E-state index contributed by atoms with van der Waals surface area (Å²) in [5.74, 6) is -0.340. The third-order valence-corrected chi connectivity index (χ3v) is 1.88. The fraction of sp³-hybridized carbons (Fsp3) is 0.545. The third-order valence-electron chi connectivity index (χ3n) is 1.88. The number of rotatable bonds is 2. The molecule has 0 saturated carbocycles. The van der Waals surface area contributed by atoms with Crippen molar-refractivity contribution < 1.29 is 9.53 Å². The standard InChI is InChI=1S/C11H16N2O2/c1-5-15-10(14)9-12-7-6-8(13-9)11(2,3)4/h6-7H,5H2,1-4H3. The number of nitrogens with zero attached hydrogens (tertiary/aromatic N) is 2. The summed E-state index contributed by atoms with van der Waals surface area (Å²) in [6, 6.07) is 1.81. The fourth-order valence-electron chi connectivity index (χ4n) is 1.07. The predicted octanol–water partition coefficient (Wildman–Crippen LogP) is 1.95. The summed E-state index contributed by atoms with van der Waals surface area (Å²) >= 11 is 0. The molecular weight excluding hydrogens is 192 g/mol. The van der Waals surface area contributed by atoms with E-state index in [1.165, 1.54) is 0 Å². The Balaban J connectivity index is 2.98. The van der Waals surface area contributed by atoms with Crippen LogP contribution >= 0.6 is 0 Å². The van der Waals surface area contributed by atoms with E-state index in [0.717, 1.165) is 5.69 Å². The van der Waals surface area contributed by atoms with Crippen LogP contribution in [0.4, 0.5) is 0 Å². The molecule has 0 aliphatic carbocycles. The number of carbonyl (C=O) groups excluding carboxylic acids is 1. The minimum Gasteiger partial charge on any atom is -0.460 e. The van der Waals surface area contributed by atoms with Crippen molar-refractivity contribution in [1.29, 1.82) is 0 Å². The Morgan fingerprint density at radius 1 is 1.47 bits per heavy atom. The molecule has 0 spiro atoms. The van der Waals surface area contributed by atoms with Crippen LogP contribution < -0.4 is 0 Å². The van der Waals surface area contributed by atoms with Crippen LogP contribution in [0.25, 0.3) is 0 Å². The number of hydrogen-bond donors (Lipinski definition) is 0. The normalized spacial score (nSPS) is 11.2. The molecule has 4 nitrogen and oxygen atoms in total. The smallest absolute Gasteiger partial charge is 0.376 e. The van der Waals surface area contributed by atoms with Crippen LogP contribution in [0.1, 0.15) is 44.0 Å². The summed E-state index contributed by atoms with van der Waals surface area (Å²) in [5, 5.41) is 0. The van der Waals surface area contributed by atoms with E-state index < -0.39 is 5.97 Å². The number of aromatic nitrogens is 2. The lowest BCUT2D eigenvalue weighted by Crippen LogP contribution is -2.17. The summed E-state index contributed by atoms with van der Waals surface area (Å²) in [7, 11) is 0. The first kappa shape index (κ1) is 11.6. The van der Waals surface area contributed by atoms with Crippen molar-refractivity contribution in [2.75, 3.05) is 6.61 Å². The van der Waals surface area contributed by atoms with Gasteiger partial charge in [-0.2, -0.15) is 0 Å². The molecule has 0 aliphatic heterocycles. The van der Waals surface area contributed by atoms with E-state index in [-0.39, 0.29) is 11.2 Å². The first-order valence-corrected chi connectivity index (χ1v) is 4.96. The van der Waals surface area contributed by atoms with Gasteiger partial charge in [-0.15, -0.1) is 0 Å². The molecule has 0 radical (unpaired) electrons. The lowest BCUT2D eigenvalue weighted by atomic mass is 9.92. The first-order chi connectivity index (χ1) is 6.95. The average Bonchev–Trinajstić information content (AvgIpc) is 2.17. The predicted molar refractivity (Wildman–Crippen MR) is 56.7 cm³/mol. The molecule has 1 aromatic heterocycles. The molecule has 0 atom stereocenters. The van der Waals surface area contributed by atoms with E-state index in [4.69, 9.17) is 4.74 Å². The monoisotopic (exact) mass is 208 g/mol. The Labute approximate surface area is 89.7 Å². The number of esters is 1. The molecule has 0 bridgehead atoms. The highest BCUT2D eigenvalue weighted by molar-refractivity contribution is 5.85. The zero-order valence-corrected chi connectivity index (χ0v) is 9.57.